The van der Waals surface area contributed by atoms with Crippen LogP contribution in [0.25, 0.3) is 21.8 Å². The van der Waals surface area contributed by atoms with Crippen molar-refractivity contribution in [2.75, 3.05) is 5.32 Å². The third kappa shape index (κ3) is 3.34. The van der Waals surface area contributed by atoms with E-state index in [4.69, 9.17) is 0 Å². The monoisotopic (exact) mass is 434 g/mol. The lowest BCUT2D eigenvalue weighted by molar-refractivity contribution is -0.116. The van der Waals surface area contributed by atoms with Crippen LogP contribution in [0.15, 0.2) is 69.9 Å². The van der Waals surface area contributed by atoms with E-state index in [1.165, 1.54) is 0 Å². The molecule has 3 aromatic carbocycles. The summed E-state index contributed by atoms with van der Waals surface area (Å²) in [5, 5.41) is 4.20. The lowest BCUT2D eigenvalue weighted by Crippen LogP contribution is -2.21. The van der Waals surface area contributed by atoms with Crippen molar-refractivity contribution >= 4 is 49.3 Å². The molecule has 0 unspecified atom stereocenters. The van der Waals surface area contributed by atoms with Gasteiger partial charge in [-0.3, -0.25) is 9.59 Å². The van der Waals surface area contributed by atoms with Gasteiger partial charge in [0, 0.05) is 15.2 Å². The number of carbonyl (C=O) groups excluding carboxylic acids is 1. The highest BCUT2D eigenvalue weighted by Crippen LogP contribution is 2.24. The number of fused-ring (bicyclic) bond motifs is 2. The zero-order chi connectivity index (χ0) is 19.8. The molecule has 0 bridgehead atoms. The maximum atomic E-state index is 12.9. The summed E-state index contributed by atoms with van der Waals surface area (Å²) in [7, 11) is 0. The Labute approximate surface area is 170 Å². The van der Waals surface area contributed by atoms with Crippen LogP contribution < -0.4 is 10.7 Å². The molecule has 0 radical (unpaired) electrons. The second kappa shape index (κ2) is 7.24. The average Bonchev–Trinajstić information content (AvgIpc) is 2.67. The molecule has 4 aromatic rings. The molecule has 0 aliphatic rings. The second-order valence-corrected chi connectivity index (χ2v) is 7.84. The first kappa shape index (κ1) is 18.4. The van der Waals surface area contributed by atoms with Gasteiger partial charge in [-0.25, -0.2) is 0 Å². The summed E-state index contributed by atoms with van der Waals surface area (Å²) in [6.07, 6.45) is 0. The number of hydrogen-bond donors (Lipinski definition) is 1. The quantitative estimate of drug-likeness (QED) is 0.452. The van der Waals surface area contributed by atoms with Gasteiger partial charge in [0.25, 0.3) is 0 Å². The molecule has 1 N–H and O–H groups in total. The zero-order valence-corrected chi connectivity index (χ0v) is 17.2. The van der Waals surface area contributed by atoms with Crippen LogP contribution in [0.2, 0.25) is 0 Å². The minimum absolute atomic E-state index is 0.00719. The van der Waals surface area contributed by atoms with Crippen molar-refractivity contribution in [2.45, 2.75) is 20.4 Å². The SMILES string of the molecule is Cc1ccc(NC(=O)Cn2c3ccccc3c(=O)c3cc(C)ccc32)c(Br)c1. The summed E-state index contributed by atoms with van der Waals surface area (Å²) < 4.78 is 2.74. The van der Waals surface area contributed by atoms with Crippen LogP contribution in [0.1, 0.15) is 11.1 Å². The zero-order valence-electron chi connectivity index (χ0n) is 15.6. The van der Waals surface area contributed by atoms with Crippen molar-refractivity contribution in [3.05, 3.63) is 86.5 Å². The fourth-order valence-corrected chi connectivity index (χ4v) is 4.06. The molecule has 4 nitrogen and oxygen atoms in total. The van der Waals surface area contributed by atoms with Crippen LogP contribution in [0.4, 0.5) is 5.69 Å². The molecule has 0 fully saturated rings. The normalized spacial score (nSPS) is 11.1. The minimum Gasteiger partial charge on any atom is -0.331 e. The highest BCUT2D eigenvalue weighted by atomic mass is 79.9. The van der Waals surface area contributed by atoms with Crippen LogP contribution in [0, 0.1) is 13.8 Å². The van der Waals surface area contributed by atoms with Gasteiger partial charge in [0.2, 0.25) is 5.91 Å². The lowest BCUT2D eigenvalue weighted by Gasteiger charge is -2.16. The van der Waals surface area contributed by atoms with Crippen molar-refractivity contribution in [3.63, 3.8) is 0 Å². The number of hydrogen-bond acceptors (Lipinski definition) is 2. The number of para-hydroxylation sites is 1. The van der Waals surface area contributed by atoms with Gasteiger partial charge < -0.3 is 9.88 Å². The molecule has 28 heavy (non-hydrogen) atoms. The van der Waals surface area contributed by atoms with Gasteiger partial charge in [-0.2, -0.15) is 0 Å². The topological polar surface area (TPSA) is 51.1 Å². The van der Waals surface area contributed by atoms with Gasteiger partial charge in [0.15, 0.2) is 5.43 Å². The number of aromatic nitrogens is 1. The number of aryl methyl sites for hydroxylation is 2. The molecule has 140 valence electrons. The van der Waals surface area contributed by atoms with E-state index in [2.05, 4.69) is 21.2 Å². The van der Waals surface area contributed by atoms with Gasteiger partial charge in [0.05, 0.1) is 16.7 Å². The Balaban J connectivity index is 1.81. The van der Waals surface area contributed by atoms with E-state index >= 15 is 0 Å². The lowest BCUT2D eigenvalue weighted by atomic mass is 10.1. The standard InChI is InChI=1S/C23H19BrN2O2/c1-14-8-10-21-17(11-14)23(28)16-5-3-4-6-20(16)26(21)13-22(27)25-19-9-7-15(2)12-18(19)24/h3-12H,13H2,1-2H3,(H,25,27). The van der Waals surface area contributed by atoms with Crippen molar-refractivity contribution in [1.82, 2.24) is 4.57 Å². The third-order valence-electron chi connectivity index (χ3n) is 4.83. The number of carbonyl (C=O) groups is 1. The van der Waals surface area contributed by atoms with E-state index in [0.717, 1.165) is 32.3 Å². The molecule has 0 saturated heterocycles. The predicted octanol–water partition coefficient (Wildman–Crippen LogP) is 5.17. The Bertz CT molecular complexity index is 1290. The molecule has 4 rings (SSSR count). The summed E-state index contributed by atoms with van der Waals surface area (Å²) in [6, 6.07) is 19.0. The maximum absolute atomic E-state index is 12.9. The molecule has 0 aliphatic carbocycles. The third-order valence-corrected chi connectivity index (χ3v) is 5.48. The number of halogens is 1. The average molecular weight is 435 g/mol. The number of rotatable bonds is 3. The van der Waals surface area contributed by atoms with E-state index in [9.17, 15) is 9.59 Å². The highest BCUT2D eigenvalue weighted by molar-refractivity contribution is 9.10. The summed E-state index contributed by atoms with van der Waals surface area (Å²) in [5.41, 5.74) is 4.35. The molecule has 1 amide bonds. The van der Waals surface area contributed by atoms with Gasteiger partial charge >= 0.3 is 0 Å². The minimum atomic E-state index is -0.153. The first-order chi connectivity index (χ1) is 13.4. The first-order valence-corrected chi connectivity index (χ1v) is 9.81. The van der Waals surface area contributed by atoms with Crippen LogP contribution in [-0.2, 0) is 11.3 Å². The van der Waals surface area contributed by atoms with E-state index in [-0.39, 0.29) is 17.9 Å². The van der Waals surface area contributed by atoms with Gasteiger partial charge in [-0.15, -0.1) is 0 Å². The van der Waals surface area contributed by atoms with E-state index < -0.39 is 0 Å². The molecule has 1 aromatic heterocycles. The number of nitrogens with one attached hydrogen (secondary N) is 1. The highest BCUT2D eigenvalue weighted by Gasteiger charge is 2.14. The second-order valence-electron chi connectivity index (χ2n) is 6.98. The summed E-state index contributed by atoms with van der Waals surface area (Å²) in [4.78, 5) is 25.8. The molecular formula is C23H19BrN2O2. The molecule has 0 atom stereocenters. The summed E-state index contributed by atoms with van der Waals surface area (Å²) >= 11 is 3.50. The molecule has 0 spiro atoms. The van der Waals surface area contributed by atoms with Gasteiger partial charge in [-0.1, -0.05) is 29.8 Å². The van der Waals surface area contributed by atoms with Crippen molar-refractivity contribution in [3.8, 4) is 0 Å². The molecule has 5 heteroatoms. The summed E-state index contributed by atoms with van der Waals surface area (Å²) in [6.45, 7) is 4.07. The Kier molecular flexibility index (Phi) is 4.77. The van der Waals surface area contributed by atoms with Crippen LogP contribution >= 0.6 is 15.9 Å². The Morgan fingerprint density at radius 3 is 2.39 bits per heavy atom. The Hall–Kier alpha value is -2.92. The number of benzene rings is 3. The number of pyridine rings is 1. The molecule has 0 saturated carbocycles. The fourth-order valence-electron chi connectivity index (χ4n) is 3.47. The predicted molar refractivity (Wildman–Crippen MR) is 118 cm³/mol. The van der Waals surface area contributed by atoms with Crippen LogP contribution in [-0.4, -0.2) is 10.5 Å². The largest absolute Gasteiger partial charge is 0.331 e. The smallest absolute Gasteiger partial charge is 0.244 e. The van der Waals surface area contributed by atoms with Gasteiger partial charge in [-0.05, 0) is 71.7 Å². The van der Waals surface area contributed by atoms with Crippen LogP contribution in [0.3, 0.4) is 0 Å². The van der Waals surface area contributed by atoms with Gasteiger partial charge in [0.1, 0.15) is 6.54 Å². The summed E-state index contributed by atoms with van der Waals surface area (Å²) in [5.74, 6) is -0.153. The van der Waals surface area contributed by atoms with Crippen molar-refractivity contribution < 1.29 is 4.79 Å². The van der Waals surface area contributed by atoms with Crippen molar-refractivity contribution in [2.24, 2.45) is 0 Å². The Morgan fingerprint density at radius 2 is 1.61 bits per heavy atom. The number of anilines is 1. The first-order valence-electron chi connectivity index (χ1n) is 9.02. The Morgan fingerprint density at radius 1 is 0.929 bits per heavy atom. The molecule has 0 aliphatic heterocycles. The van der Waals surface area contributed by atoms with E-state index in [1.54, 1.807) is 0 Å². The van der Waals surface area contributed by atoms with E-state index in [0.29, 0.717) is 10.8 Å². The number of amides is 1. The fraction of sp³-hybridized carbons (Fsp3) is 0.130. The van der Waals surface area contributed by atoms with Crippen molar-refractivity contribution in [1.29, 1.82) is 0 Å². The number of nitrogens with zero attached hydrogens (tertiary/aromatic N) is 1. The molecule has 1 heterocycles. The van der Waals surface area contributed by atoms with E-state index in [1.807, 2.05) is 79.1 Å². The molecular weight excluding hydrogens is 416 g/mol. The maximum Gasteiger partial charge on any atom is 0.244 e. The van der Waals surface area contributed by atoms with Crippen LogP contribution in [0.5, 0.6) is 0 Å².